The van der Waals surface area contributed by atoms with Crippen molar-refractivity contribution >= 4 is 5.97 Å². The van der Waals surface area contributed by atoms with E-state index in [1.54, 1.807) is 6.08 Å². The molecule has 2 nitrogen and oxygen atoms in total. The van der Waals surface area contributed by atoms with Gasteiger partial charge in [-0.3, -0.25) is 0 Å². The Bertz CT molecular complexity index is 265. The standard InChI is InChI=1S/C19H36O2/c1-4-5-6-7-8-9-10-11-12-13-14-15-16-21-19(20)17-18(2)3/h17H,4-16H2,1-3H3. The van der Waals surface area contributed by atoms with E-state index in [2.05, 4.69) is 6.92 Å². The van der Waals surface area contributed by atoms with Gasteiger partial charge in [0.05, 0.1) is 6.61 Å². The van der Waals surface area contributed by atoms with E-state index in [1.165, 1.54) is 70.6 Å². The summed E-state index contributed by atoms with van der Waals surface area (Å²) >= 11 is 0. The first-order chi connectivity index (χ1) is 10.2. The highest BCUT2D eigenvalue weighted by atomic mass is 16.5. The van der Waals surface area contributed by atoms with E-state index in [0.29, 0.717) is 6.61 Å². The Labute approximate surface area is 132 Å². The Hall–Kier alpha value is -0.790. The number of carbonyl (C=O) groups excluding carboxylic acids is 1. The molecular weight excluding hydrogens is 260 g/mol. The van der Waals surface area contributed by atoms with Crippen LogP contribution < -0.4 is 0 Å². The third-order valence-electron chi connectivity index (χ3n) is 3.65. The van der Waals surface area contributed by atoms with Crippen LogP contribution in [0.25, 0.3) is 0 Å². The van der Waals surface area contributed by atoms with E-state index in [1.807, 2.05) is 13.8 Å². The van der Waals surface area contributed by atoms with Crippen LogP contribution in [0.1, 0.15) is 97.8 Å². The molecule has 21 heavy (non-hydrogen) atoms. The molecule has 0 aromatic heterocycles. The molecule has 0 saturated heterocycles. The van der Waals surface area contributed by atoms with Crippen LogP contribution in [-0.2, 0) is 9.53 Å². The maximum atomic E-state index is 11.3. The van der Waals surface area contributed by atoms with Gasteiger partial charge in [-0.2, -0.15) is 0 Å². The molecule has 0 aromatic rings. The van der Waals surface area contributed by atoms with Crippen LogP contribution in [0, 0.1) is 0 Å². The van der Waals surface area contributed by atoms with E-state index in [0.717, 1.165) is 12.0 Å². The first-order valence-electron chi connectivity index (χ1n) is 8.98. The monoisotopic (exact) mass is 296 g/mol. The lowest BCUT2D eigenvalue weighted by atomic mass is 10.1. The quantitative estimate of drug-likeness (QED) is 0.217. The van der Waals surface area contributed by atoms with Crippen molar-refractivity contribution in [2.45, 2.75) is 97.8 Å². The molecule has 0 heterocycles. The lowest BCUT2D eigenvalue weighted by Gasteiger charge is -2.04. The lowest BCUT2D eigenvalue weighted by molar-refractivity contribution is -0.137. The Kier molecular flexibility index (Phi) is 15.0. The van der Waals surface area contributed by atoms with Crippen molar-refractivity contribution in [3.05, 3.63) is 11.6 Å². The molecule has 0 fully saturated rings. The summed E-state index contributed by atoms with van der Waals surface area (Å²) in [5, 5.41) is 0. The topological polar surface area (TPSA) is 26.3 Å². The predicted octanol–water partition coefficient (Wildman–Crippen LogP) is 6.20. The number of allylic oxidation sites excluding steroid dienone is 1. The summed E-state index contributed by atoms with van der Waals surface area (Å²) in [6.45, 7) is 6.65. The van der Waals surface area contributed by atoms with Crippen LogP contribution in [0.15, 0.2) is 11.6 Å². The van der Waals surface area contributed by atoms with Crippen molar-refractivity contribution in [3.63, 3.8) is 0 Å². The number of hydrogen-bond donors (Lipinski definition) is 0. The van der Waals surface area contributed by atoms with Gasteiger partial charge in [-0.15, -0.1) is 0 Å². The summed E-state index contributed by atoms with van der Waals surface area (Å²) in [6, 6.07) is 0. The summed E-state index contributed by atoms with van der Waals surface area (Å²) in [4.78, 5) is 11.3. The van der Waals surface area contributed by atoms with Crippen LogP contribution in [0.3, 0.4) is 0 Å². The van der Waals surface area contributed by atoms with Gasteiger partial charge in [0, 0.05) is 6.08 Å². The van der Waals surface area contributed by atoms with Crippen molar-refractivity contribution < 1.29 is 9.53 Å². The highest BCUT2D eigenvalue weighted by molar-refractivity contribution is 5.82. The SMILES string of the molecule is CCCCCCCCCCCCCCOC(=O)C=C(C)C. The van der Waals surface area contributed by atoms with Gasteiger partial charge in [0.15, 0.2) is 0 Å². The molecule has 0 atom stereocenters. The number of carbonyl (C=O) groups is 1. The maximum Gasteiger partial charge on any atom is 0.330 e. The number of rotatable bonds is 14. The molecule has 0 amide bonds. The molecule has 0 spiro atoms. The Morgan fingerprint density at radius 2 is 1.19 bits per heavy atom. The van der Waals surface area contributed by atoms with Gasteiger partial charge >= 0.3 is 5.97 Å². The zero-order chi connectivity index (χ0) is 15.8. The molecule has 0 aromatic carbocycles. The van der Waals surface area contributed by atoms with Gasteiger partial charge < -0.3 is 4.74 Å². The van der Waals surface area contributed by atoms with Gasteiger partial charge in [0.25, 0.3) is 0 Å². The second kappa shape index (κ2) is 15.6. The number of hydrogen-bond acceptors (Lipinski definition) is 2. The molecule has 0 unspecified atom stereocenters. The van der Waals surface area contributed by atoms with Gasteiger partial charge in [0.1, 0.15) is 0 Å². The number of unbranched alkanes of at least 4 members (excludes halogenated alkanes) is 11. The molecule has 0 rings (SSSR count). The van der Waals surface area contributed by atoms with Gasteiger partial charge in [-0.1, -0.05) is 83.1 Å². The van der Waals surface area contributed by atoms with E-state index in [4.69, 9.17) is 4.74 Å². The third-order valence-corrected chi connectivity index (χ3v) is 3.65. The second-order valence-electron chi connectivity index (χ2n) is 6.28. The van der Waals surface area contributed by atoms with E-state index < -0.39 is 0 Å². The van der Waals surface area contributed by atoms with Crippen molar-refractivity contribution in [2.24, 2.45) is 0 Å². The van der Waals surface area contributed by atoms with Crippen LogP contribution in [0.4, 0.5) is 0 Å². The molecule has 124 valence electrons. The summed E-state index contributed by atoms with van der Waals surface area (Å²) in [5.74, 6) is -0.196. The molecule has 0 N–H and O–H groups in total. The van der Waals surface area contributed by atoms with Crippen LogP contribution in [-0.4, -0.2) is 12.6 Å². The zero-order valence-corrected chi connectivity index (χ0v) is 14.6. The van der Waals surface area contributed by atoms with Gasteiger partial charge in [-0.05, 0) is 20.3 Å². The maximum absolute atomic E-state index is 11.3. The Morgan fingerprint density at radius 3 is 1.62 bits per heavy atom. The fourth-order valence-electron chi connectivity index (χ4n) is 2.39. The molecule has 0 saturated carbocycles. The van der Waals surface area contributed by atoms with Gasteiger partial charge in [0.2, 0.25) is 0 Å². The van der Waals surface area contributed by atoms with E-state index >= 15 is 0 Å². The summed E-state index contributed by atoms with van der Waals surface area (Å²) in [6.07, 6.45) is 17.5. The van der Waals surface area contributed by atoms with Crippen molar-refractivity contribution in [3.8, 4) is 0 Å². The summed E-state index contributed by atoms with van der Waals surface area (Å²) < 4.78 is 5.13. The molecule has 0 aliphatic carbocycles. The highest BCUT2D eigenvalue weighted by Crippen LogP contribution is 2.11. The van der Waals surface area contributed by atoms with E-state index in [-0.39, 0.29) is 5.97 Å². The largest absolute Gasteiger partial charge is 0.463 e. The molecular formula is C19H36O2. The first kappa shape index (κ1) is 20.2. The number of ether oxygens (including phenoxy) is 1. The minimum atomic E-state index is -0.196. The Balaban J connectivity index is 3.12. The third kappa shape index (κ3) is 17.2. The zero-order valence-electron chi connectivity index (χ0n) is 14.6. The van der Waals surface area contributed by atoms with Crippen molar-refractivity contribution in [2.75, 3.05) is 6.61 Å². The minimum Gasteiger partial charge on any atom is -0.463 e. The second-order valence-corrected chi connectivity index (χ2v) is 6.28. The highest BCUT2D eigenvalue weighted by Gasteiger charge is 1.97. The molecule has 0 aliphatic heterocycles. The van der Waals surface area contributed by atoms with Crippen LogP contribution in [0.5, 0.6) is 0 Å². The smallest absolute Gasteiger partial charge is 0.330 e. The average molecular weight is 296 g/mol. The lowest BCUT2D eigenvalue weighted by Crippen LogP contribution is -2.02. The summed E-state index contributed by atoms with van der Waals surface area (Å²) in [7, 11) is 0. The van der Waals surface area contributed by atoms with Crippen LogP contribution >= 0.6 is 0 Å². The van der Waals surface area contributed by atoms with Crippen LogP contribution in [0.2, 0.25) is 0 Å². The molecule has 0 bridgehead atoms. The Morgan fingerprint density at radius 1 is 0.762 bits per heavy atom. The number of esters is 1. The molecule has 0 radical (unpaired) electrons. The minimum absolute atomic E-state index is 0.196. The van der Waals surface area contributed by atoms with E-state index in [9.17, 15) is 4.79 Å². The fourth-order valence-corrected chi connectivity index (χ4v) is 2.39. The first-order valence-corrected chi connectivity index (χ1v) is 8.98. The van der Waals surface area contributed by atoms with Crippen molar-refractivity contribution in [1.82, 2.24) is 0 Å². The average Bonchev–Trinajstić information content (AvgIpc) is 2.43. The van der Waals surface area contributed by atoms with Gasteiger partial charge in [-0.25, -0.2) is 4.79 Å². The van der Waals surface area contributed by atoms with Crippen molar-refractivity contribution in [1.29, 1.82) is 0 Å². The predicted molar refractivity (Wildman–Crippen MR) is 91.5 cm³/mol. The molecule has 2 heteroatoms. The summed E-state index contributed by atoms with van der Waals surface area (Å²) in [5.41, 5.74) is 0.995. The fraction of sp³-hybridized carbons (Fsp3) is 0.842. The molecule has 0 aliphatic rings. The normalized spacial score (nSPS) is 10.4.